The second kappa shape index (κ2) is 9.88. The monoisotopic (exact) mass is 194 g/mol. The second-order valence-corrected chi connectivity index (χ2v) is 2.49. The zero-order valence-electron chi connectivity index (χ0n) is 7.94. The van der Waals surface area contributed by atoms with Crippen LogP contribution < -0.4 is 0 Å². The van der Waals surface area contributed by atoms with Crippen molar-refractivity contribution in [2.45, 2.75) is 19.6 Å². The fourth-order valence-corrected chi connectivity index (χ4v) is 0.628. The highest BCUT2D eigenvalue weighted by atomic mass is 16.7. The van der Waals surface area contributed by atoms with Gasteiger partial charge in [-0.25, -0.2) is 0 Å². The maximum atomic E-state index is 8.39. The molecule has 0 aliphatic heterocycles. The van der Waals surface area contributed by atoms with Crippen LogP contribution >= 0.6 is 0 Å². The molecule has 0 spiro atoms. The molecule has 80 valence electrons. The zero-order chi connectivity index (χ0) is 9.94. The van der Waals surface area contributed by atoms with Crippen LogP contribution in [0.25, 0.3) is 0 Å². The number of aliphatic hydroxyl groups is 2. The molecule has 0 bridgehead atoms. The summed E-state index contributed by atoms with van der Waals surface area (Å²) in [4.78, 5) is 0. The second-order valence-electron chi connectivity index (χ2n) is 2.49. The molecule has 0 aromatic heterocycles. The van der Waals surface area contributed by atoms with Gasteiger partial charge in [-0.15, -0.1) is 0 Å². The molecule has 0 aromatic rings. The molecule has 0 heterocycles. The Morgan fingerprint density at radius 1 is 1.00 bits per heavy atom. The maximum absolute atomic E-state index is 8.39. The largest absolute Gasteiger partial charge is 0.374 e. The smallest absolute Gasteiger partial charge is 0.175 e. The average Bonchev–Trinajstić information content (AvgIpc) is 2.09. The van der Waals surface area contributed by atoms with E-state index in [1.165, 1.54) is 0 Å². The number of ether oxygens (including phenoxy) is 3. The van der Waals surface area contributed by atoms with Gasteiger partial charge in [0.25, 0.3) is 0 Å². The van der Waals surface area contributed by atoms with E-state index in [9.17, 15) is 0 Å². The van der Waals surface area contributed by atoms with Crippen molar-refractivity contribution in [2.75, 3.05) is 33.2 Å². The van der Waals surface area contributed by atoms with Crippen LogP contribution in [0.4, 0.5) is 0 Å². The van der Waals surface area contributed by atoms with E-state index in [4.69, 9.17) is 24.4 Å². The van der Waals surface area contributed by atoms with Crippen LogP contribution in [0, 0.1) is 0 Å². The van der Waals surface area contributed by atoms with E-state index in [1.807, 2.05) is 6.92 Å². The molecular formula is C8H18O5. The Labute approximate surface area is 78.2 Å². The molecule has 0 amide bonds. The molecule has 0 aromatic carbocycles. The average molecular weight is 194 g/mol. The molecule has 0 aliphatic rings. The summed E-state index contributed by atoms with van der Waals surface area (Å²) in [6.45, 7) is 3.63. The number of hydrogen-bond acceptors (Lipinski definition) is 5. The van der Waals surface area contributed by atoms with E-state index in [0.717, 1.165) is 6.42 Å². The maximum Gasteiger partial charge on any atom is 0.175 e. The van der Waals surface area contributed by atoms with Crippen molar-refractivity contribution in [2.24, 2.45) is 0 Å². The third-order valence-corrected chi connectivity index (χ3v) is 1.15. The lowest BCUT2D eigenvalue weighted by atomic mass is 10.5. The lowest BCUT2D eigenvalue weighted by molar-refractivity contribution is -0.112. The molecule has 0 fully saturated rings. The quantitative estimate of drug-likeness (QED) is 0.390. The van der Waals surface area contributed by atoms with Gasteiger partial charge in [-0.2, -0.15) is 0 Å². The van der Waals surface area contributed by atoms with Gasteiger partial charge < -0.3 is 24.4 Å². The molecule has 5 nitrogen and oxygen atoms in total. The highest BCUT2D eigenvalue weighted by Crippen LogP contribution is 1.84. The molecule has 0 saturated heterocycles. The normalized spacial score (nSPS) is 11.1. The van der Waals surface area contributed by atoms with Crippen LogP contribution in [-0.4, -0.2) is 49.7 Å². The van der Waals surface area contributed by atoms with Gasteiger partial charge in [0.2, 0.25) is 0 Å². The minimum absolute atomic E-state index is 0.0841. The fourth-order valence-electron chi connectivity index (χ4n) is 0.628. The highest BCUT2D eigenvalue weighted by Gasteiger charge is 1.95. The van der Waals surface area contributed by atoms with Gasteiger partial charge in [-0.3, -0.25) is 0 Å². The molecule has 0 atom stereocenters. The van der Waals surface area contributed by atoms with Gasteiger partial charge in [-0.1, -0.05) is 6.92 Å². The van der Waals surface area contributed by atoms with Crippen molar-refractivity contribution in [3.63, 3.8) is 0 Å². The van der Waals surface area contributed by atoms with Gasteiger partial charge in [0.15, 0.2) is 6.29 Å². The van der Waals surface area contributed by atoms with E-state index >= 15 is 0 Å². The molecule has 2 N–H and O–H groups in total. The van der Waals surface area contributed by atoms with Gasteiger partial charge in [0, 0.05) is 6.61 Å². The summed E-state index contributed by atoms with van der Waals surface area (Å²) >= 11 is 0. The molecular weight excluding hydrogens is 176 g/mol. The third-order valence-electron chi connectivity index (χ3n) is 1.15. The minimum Gasteiger partial charge on any atom is -0.374 e. The Hall–Kier alpha value is -0.200. The highest BCUT2D eigenvalue weighted by molar-refractivity contribution is 4.32. The Balaban J connectivity index is 2.84. The Morgan fingerprint density at radius 3 is 2.23 bits per heavy atom. The van der Waals surface area contributed by atoms with Crippen molar-refractivity contribution in [3.8, 4) is 0 Å². The molecule has 0 radical (unpaired) electrons. The molecule has 0 aliphatic carbocycles. The fraction of sp³-hybridized carbons (Fsp3) is 1.00. The topological polar surface area (TPSA) is 68.2 Å². The van der Waals surface area contributed by atoms with Crippen LogP contribution in [0.15, 0.2) is 0 Å². The molecule has 0 saturated carbocycles. The van der Waals surface area contributed by atoms with Crippen LogP contribution in [0.5, 0.6) is 0 Å². The van der Waals surface area contributed by atoms with Crippen LogP contribution in [-0.2, 0) is 14.2 Å². The summed E-state index contributed by atoms with van der Waals surface area (Å²) in [5.41, 5.74) is 0. The third kappa shape index (κ3) is 11.8. The number of rotatable bonds is 9. The molecule has 5 heteroatoms. The van der Waals surface area contributed by atoms with Crippen LogP contribution in [0.2, 0.25) is 0 Å². The predicted octanol–water partition coefficient (Wildman–Crippen LogP) is -0.286. The summed E-state index contributed by atoms with van der Waals surface area (Å²) in [5.74, 6) is 0. The lowest BCUT2D eigenvalue weighted by Gasteiger charge is -2.06. The minimum atomic E-state index is -1.41. The van der Waals surface area contributed by atoms with E-state index in [-0.39, 0.29) is 13.4 Å². The summed E-state index contributed by atoms with van der Waals surface area (Å²) in [5, 5.41) is 16.8. The Morgan fingerprint density at radius 2 is 1.62 bits per heavy atom. The van der Waals surface area contributed by atoms with E-state index in [1.54, 1.807) is 0 Å². The Bertz CT molecular complexity index is 96.5. The first kappa shape index (κ1) is 12.8. The van der Waals surface area contributed by atoms with Crippen molar-refractivity contribution in [3.05, 3.63) is 0 Å². The Kier molecular flexibility index (Phi) is 9.73. The lowest BCUT2D eigenvalue weighted by Crippen LogP contribution is -2.16. The summed E-state index contributed by atoms with van der Waals surface area (Å²) < 4.78 is 14.9. The van der Waals surface area contributed by atoms with E-state index in [0.29, 0.717) is 19.8 Å². The summed E-state index contributed by atoms with van der Waals surface area (Å²) in [6.07, 6.45) is -0.437. The van der Waals surface area contributed by atoms with Crippen molar-refractivity contribution in [1.29, 1.82) is 0 Å². The first-order valence-corrected chi connectivity index (χ1v) is 4.36. The predicted molar refractivity (Wildman–Crippen MR) is 46.1 cm³/mol. The van der Waals surface area contributed by atoms with Crippen molar-refractivity contribution >= 4 is 0 Å². The first-order valence-electron chi connectivity index (χ1n) is 4.36. The van der Waals surface area contributed by atoms with Crippen LogP contribution in [0.3, 0.4) is 0 Å². The summed E-state index contributed by atoms with van der Waals surface area (Å²) in [6, 6.07) is 0. The van der Waals surface area contributed by atoms with E-state index in [2.05, 4.69) is 0 Å². The molecule has 0 unspecified atom stereocenters. The standard InChI is InChI=1S/C8H18O5/c1-2-3-12-7-13-5-4-11-6-8(9)10/h8-10H,2-7H2,1H3. The number of aliphatic hydroxyl groups excluding tert-OH is 1. The van der Waals surface area contributed by atoms with Gasteiger partial charge in [0.05, 0.1) is 19.8 Å². The van der Waals surface area contributed by atoms with Gasteiger partial charge >= 0.3 is 0 Å². The SMILES string of the molecule is CCCOCOCCOCC(O)O. The molecule has 13 heavy (non-hydrogen) atoms. The van der Waals surface area contributed by atoms with Crippen molar-refractivity contribution in [1.82, 2.24) is 0 Å². The molecule has 0 rings (SSSR count). The zero-order valence-corrected chi connectivity index (χ0v) is 7.94. The van der Waals surface area contributed by atoms with Gasteiger partial charge in [-0.05, 0) is 6.42 Å². The van der Waals surface area contributed by atoms with Crippen molar-refractivity contribution < 1.29 is 24.4 Å². The van der Waals surface area contributed by atoms with Gasteiger partial charge in [0.1, 0.15) is 6.79 Å². The number of hydrogen-bond donors (Lipinski definition) is 2. The van der Waals surface area contributed by atoms with E-state index < -0.39 is 6.29 Å². The van der Waals surface area contributed by atoms with Crippen LogP contribution in [0.1, 0.15) is 13.3 Å². The summed E-state index contributed by atoms with van der Waals surface area (Å²) in [7, 11) is 0. The first-order chi connectivity index (χ1) is 6.27.